The first-order valence-electron chi connectivity index (χ1n) is 9.50. The molecule has 0 aliphatic carbocycles. The SMILES string of the molecule is CS(C)(C)c1ccc(C#CCCCCCCCCCSCCO)cc1. The summed E-state index contributed by atoms with van der Waals surface area (Å²) in [7, 11) is -0.627. The lowest BCUT2D eigenvalue weighted by atomic mass is 10.1. The largest absolute Gasteiger partial charge is 0.396 e. The van der Waals surface area contributed by atoms with E-state index in [1.165, 1.54) is 55.6 Å². The van der Waals surface area contributed by atoms with Crippen LogP contribution in [0.1, 0.15) is 56.9 Å². The van der Waals surface area contributed by atoms with E-state index in [4.69, 9.17) is 5.11 Å². The van der Waals surface area contributed by atoms with Crippen molar-refractivity contribution >= 4 is 21.8 Å². The number of unbranched alkanes of at least 4 members (excludes halogenated alkanes) is 7. The molecule has 0 radical (unpaired) electrons. The molecule has 3 heteroatoms. The number of benzene rings is 1. The second-order valence-electron chi connectivity index (χ2n) is 7.22. The van der Waals surface area contributed by atoms with Crippen molar-refractivity contribution in [2.45, 2.75) is 56.3 Å². The fraction of sp³-hybridized carbons (Fsp3) is 0.636. The molecule has 1 aromatic rings. The Hall–Kier alpha value is -0.560. The summed E-state index contributed by atoms with van der Waals surface area (Å²) in [5.74, 6) is 8.72. The summed E-state index contributed by atoms with van der Waals surface area (Å²) in [6.45, 7) is 0.316. The van der Waals surface area contributed by atoms with Crippen LogP contribution in [0.25, 0.3) is 0 Å². The van der Waals surface area contributed by atoms with Crippen molar-refractivity contribution in [3.05, 3.63) is 29.8 Å². The Bertz CT molecular complexity index is 506. The van der Waals surface area contributed by atoms with E-state index in [9.17, 15) is 0 Å². The molecule has 0 saturated heterocycles. The minimum atomic E-state index is -0.627. The Morgan fingerprint density at radius 1 is 0.840 bits per heavy atom. The van der Waals surface area contributed by atoms with Crippen molar-refractivity contribution in [3.63, 3.8) is 0 Å². The molecule has 1 nitrogen and oxygen atoms in total. The third-order valence-electron chi connectivity index (χ3n) is 4.12. The van der Waals surface area contributed by atoms with E-state index < -0.39 is 10.0 Å². The Kier molecular flexibility index (Phi) is 12.2. The van der Waals surface area contributed by atoms with Crippen molar-refractivity contribution < 1.29 is 5.11 Å². The maximum absolute atomic E-state index is 8.70. The minimum Gasteiger partial charge on any atom is -0.396 e. The summed E-state index contributed by atoms with van der Waals surface area (Å²) < 4.78 is 0. The van der Waals surface area contributed by atoms with Crippen molar-refractivity contribution in [1.29, 1.82) is 0 Å². The minimum absolute atomic E-state index is 0.316. The molecule has 0 spiro atoms. The second kappa shape index (κ2) is 13.6. The summed E-state index contributed by atoms with van der Waals surface area (Å²) >= 11 is 1.87. The van der Waals surface area contributed by atoms with Gasteiger partial charge in [-0.15, -0.1) is 0 Å². The Morgan fingerprint density at radius 2 is 1.44 bits per heavy atom. The number of hydrogen-bond donors (Lipinski definition) is 1. The van der Waals surface area contributed by atoms with Gasteiger partial charge in [0.05, 0.1) is 6.61 Å². The van der Waals surface area contributed by atoms with Crippen molar-refractivity contribution in [2.75, 3.05) is 36.9 Å². The number of aliphatic hydroxyl groups is 1. The number of hydrogen-bond acceptors (Lipinski definition) is 2. The van der Waals surface area contributed by atoms with Gasteiger partial charge >= 0.3 is 0 Å². The van der Waals surface area contributed by atoms with Crippen LogP contribution in [0.3, 0.4) is 0 Å². The average molecular weight is 381 g/mol. The molecular weight excluding hydrogens is 344 g/mol. The van der Waals surface area contributed by atoms with Crippen molar-refractivity contribution in [2.24, 2.45) is 0 Å². The van der Waals surface area contributed by atoms with E-state index >= 15 is 0 Å². The molecule has 1 rings (SSSR count). The van der Waals surface area contributed by atoms with Gasteiger partial charge in [-0.1, -0.05) is 43.9 Å². The van der Waals surface area contributed by atoms with Gasteiger partial charge in [-0.3, -0.25) is 0 Å². The molecule has 0 aromatic heterocycles. The molecule has 0 fully saturated rings. The standard InChI is InChI=1S/C22H36OS2/c1-25(2,3)22-16-14-21(15-17-22)13-11-9-7-5-4-6-8-10-12-19-24-20-18-23/h14-17,23H,4-10,12,18-20H2,1-3H3. The molecule has 142 valence electrons. The molecule has 25 heavy (non-hydrogen) atoms. The highest BCUT2D eigenvalue weighted by Gasteiger charge is 2.06. The zero-order valence-corrected chi connectivity index (χ0v) is 18.0. The van der Waals surface area contributed by atoms with Crippen LogP contribution in [-0.2, 0) is 0 Å². The van der Waals surface area contributed by atoms with E-state index in [1.807, 2.05) is 11.8 Å². The fourth-order valence-electron chi connectivity index (χ4n) is 2.58. The third kappa shape index (κ3) is 11.6. The lowest BCUT2D eigenvalue weighted by Gasteiger charge is -2.25. The lowest BCUT2D eigenvalue weighted by Crippen LogP contribution is -1.92. The molecule has 0 bridgehead atoms. The van der Waals surface area contributed by atoms with Crippen molar-refractivity contribution in [1.82, 2.24) is 0 Å². The first-order valence-corrected chi connectivity index (χ1v) is 13.5. The van der Waals surface area contributed by atoms with Gasteiger partial charge in [-0.05, 0) is 66.5 Å². The van der Waals surface area contributed by atoms with Crippen LogP contribution < -0.4 is 0 Å². The highest BCUT2D eigenvalue weighted by atomic mass is 32.3. The average Bonchev–Trinajstić information content (AvgIpc) is 2.58. The van der Waals surface area contributed by atoms with Gasteiger partial charge in [0.15, 0.2) is 0 Å². The molecule has 0 saturated carbocycles. The Labute approximate surface area is 161 Å². The predicted molar refractivity (Wildman–Crippen MR) is 118 cm³/mol. The quantitative estimate of drug-likeness (QED) is 0.358. The van der Waals surface area contributed by atoms with Gasteiger partial charge in [0.25, 0.3) is 0 Å². The normalized spacial score (nSPS) is 11.8. The fourth-order valence-corrected chi connectivity index (χ4v) is 4.27. The number of thioether (sulfide) groups is 1. The van der Waals surface area contributed by atoms with E-state index in [0.717, 1.165) is 17.7 Å². The van der Waals surface area contributed by atoms with Crippen LogP contribution >= 0.6 is 21.8 Å². The topological polar surface area (TPSA) is 20.2 Å². The van der Waals surface area contributed by atoms with E-state index in [0.29, 0.717) is 6.61 Å². The Balaban J connectivity index is 2.02. The summed E-state index contributed by atoms with van der Waals surface area (Å²) in [6, 6.07) is 8.81. The smallest absolute Gasteiger partial charge is 0.0521 e. The van der Waals surface area contributed by atoms with Gasteiger partial charge in [0.2, 0.25) is 0 Å². The summed E-state index contributed by atoms with van der Waals surface area (Å²) in [5.41, 5.74) is 1.14. The van der Waals surface area contributed by atoms with Gasteiger partial charge in [-0.2, -0.15) is 11.8 Å². The molecule has 0 aliphatic rings. The van der Waals surface area contributed by atoms with Gasteiger partial charge < -0.3 is 5.11 Å². The lowest BCUT2D eigenvalue weighted by molar-refractivity contribution is 0.322. The Morgan fingerprint density at radius 3 is 2.04 bits per heavy atom. The molecule has 0 unspecified atom stereocenters. The molecule has 0 amide bonds. The monoisotopic (exact) mass is 380 g/mol. The highest BCUT2D eigenvalue weighted by molar-refractivity contribution is 8.32. The van der Waals surface area contributed by atoms with Crippen LogP contribution in [0, 0.1) is 11.8 Å². The van der Waals surface area contributed by atoms with Crippen molar-refractivity contribution in [3.8, 4) is 11.8 Å². The molecule has 0 heterocycles. The maximum atomic E-state index is 8.70. The highest BCUT2D eigenvalue weighted by Crippen LogP contribution is 2.44. The molecular formula is C22H36OS2. The first-order chi connectivity index (χ1) is 12.0. The summed E-state index contributed by atoms with van der Waals surface area (Å²) in [6.07, 6.45) is 17.2. The van der Waals surface area contributed by atoms with Crippen LogP contribution in [0.5, 0.6) is 0 Å². The second-order valence-corrected chi connectivity index (χ2v) is 12.6. The first kappa shape index (κ1) is 22.5. The van der Waals surface area contributed by atoms with E-state index in [1.54, 1.807) is 0 Å². The zero-order chi connectivity index (χ0) is 18.4. The molecule has 0 aliphatic heterocycles. The third-order valence-corrected chi connectivity index (χ3v) is 6.86. The predicted octanol–water partition coefficient (Wildman–Crippen LogP) is 5.94. The van der Waals surface area contributed by atoms with Gasteiger partial charge in [0.1, 0.15) is 0 Å². The zero-order valence-electron chi connectivity index (χ0n) is 16.4. The molecule has 0 atom stereocenters. The maximum Gasteiger partial charge on any atom is 0.0521 e. The van der Waals surface area contributed by atoms with Crippen LogP contribution in [0.4, 0.5) is 0 Å². The van der Waals surface area contributed by atoms with Crippen LogP contribution in [0.2, 0.25) is 0 Å². The summed E-state index contributed by atoms with van der Waals surface area (Å²) in [4.78, 5) is 1.45. The molecule has 1 aromatic carbocycles. The molecule has 1 N–H and O–H groups in total. The van der Waals surface area contributed by atoms with Crippen LogP contribution in [0.15, 0.2) is 29.2 Å². The summed E-state index contributed by atoms with van der Waals surface area (Å²) in [5, 5.41) is 8.70. The van der Waals surface area contributed by atoms with E-state index in [2.05, 4.69) is 54.9 Å². The van der Waals surface area contributed by atoms with Gasteiger partial charge in [0, 0.05) is 17.7 Å². The van der Waals surface area contributed by atoms with Crippen LogP contribution in [-0.4, -0.2) is 42.0 Å². The van der Waals surface area contributed by atoms with Gasteiger partial charge in [-0.25, -0.2) is 10.0 Å². The number of aliphatic hydroxyl groups excluding tert-OH is 1. The van der Waals surface area contributed by atoms with E-state index in [-0.39, 0.29) is 0 Å². The number of rotatable bonds is 12.